The van der Waals surface area contributed by atoms with Crippen LogP contribution in [0, 0.1) is 0 Å². The summed E-state index contributed by atoms with van der Waals surface area (Å²) in [4.78, 5) is 11.6. The Kier molecular flexibility index (Phi) is 4.18. The molecule has 0 aliphatic rings. The van der Waals surface area contributed by atoms with Gasteiger partial charge in [0.25, 0.3) is 0 Å². The molecule has 98 valence electrons. The van der Waals surface area contributed by atoms with Crippen LogP contribution in [0.3, 0.4) is 0 Å². The molecule has 2 N–H and O–H groups in total. The number of carbonyl (C=O) groups is 1. The van der Waals surface area contributed by atoms with Gasteiger partial charge in [0.15, 0.2) is 0 Å². The summed E-state index contributed by atoms with van der Waals surface area (Å²) in [5.41, 5.74) is 3.09. The molecule has 0 unspecified atom stereocenters. The van der Waals surface area contributed by atoms with E-state index in [1.807, 2.05) is 56.3 Å². The van der Waals surface area contributed by atoms with E-state index in [-0.39, 0.29) is 12.1 Å². The van der Waals surface area contributed by atoms with E-state index in [0.717, 1.165) is 11.3 Å². The van der Waals surface area contributed by atoms with E-state index in [4.69, 9.17) is 0 Å². The monoisotopic (exact) mass is 254 g/mol. The summed E-state index contributed by atoms with van der Waals surface area (Å²) in [6.45, 7) is 3.86. The lowest BCUT2D eigenvalue weighted by atomic mass is 10.1. The van der Waals surface area contributed by atoms with Crippen LogP contribution in [-0.4, -0.2) is 12.1 Å². The number of anilines is 1. The van der Waals surface area contributed by atoms with Gasteiger partial charge in [-0.1, -0.05) is 42.5 Å². The molecule has 2 aromatic carbocycles. The van der Waals surface area contributed by atoms with Gasteiger partial charge in [-0.15, -0.1) is 0 Å². The van der Waals surface area contributed by atoms with Crippen molar-refractivity contribution in [2.45, 2.75) is 19.9 Å². The maximum Gasteiger partial charge on any atom is 0.319 e. The first-order chi connectivity index (χ1) is 9.15. The zero-order valence-electron chi connectivity index (χ0n) is 11.2. The minimum Gasteiger partial charge on any atom is -0.336 e. The van der Waals surface area contributed by atoms with Gasteiger partial charge in [-0.3, -0.25) is 0 Å². The highest BCUT2D eigenvalue weighted by Gasteiger charge is 2.03. The highest BCUT2D eigenvalue weighted by molar-refractivity contribution is 5.89. The molecule has 3 heteroatoms. The third-order valence-electron chi connectivity index (χ3n) is 2.67. The SMILES string of the molecule is CC(C)NC(=O)Nc1ccc(-c2ccccc2)cc1. The molecule has 0 aliphatic carbocycles. The molecule has 2 aromatic rings. The average molecular weight is 254 g/mol. The van der Waals surface area contributed by atoms with E-state index in [1.54, 1.807) is 0 Å². The Morgan fingerprint density at radius 1 is 0.895 bits per heavy atom. The highest BCUT2D eigenvalue weighted by atomic mass is 16.2. The minimum atomic E-state index is -0.178. The summed E-state index contributed by atoms with van der Waals surface area (Å²) in [7, 11) is 0. The first-order valence-electron chi connectivity index (χ1n) is 6.38. The fraction of sp³-hybridized carbons (Fsp3) is 0.188. The molecule has 19 heavy (non-hydrogen) atoms. The van der Waals surface area contributed by atoms with Gasteiger partial charge in [0.05, 0.1) is 0 Å². The van der Waals surface area contributed by atoms with Gasteiger partial charge in [-0.25, -0.2) is 4.79 Å². The second kappa shape index (κ2) is 6.05. The number of hydrogen-bond donors (Lipinski definition) is 2. The number of amides is 2. The van der Waals surface area contributed by atoms with E-state index in [1.165, 1.54) is 5.56 Å². The Hall–Kier alpha value is -2.29. The summed E-state index contributed by atoms with van der Waals surface area (Å²) >= 11 is 0. The predicted octanol–water partition coefficient (Wildman–Crippen LogP) is 3.88. The van der Waals surface area contributed by atoms with Crippen molar-refractivity contribution < 1.29 is 4.79 Å². The van der Waals surface area contributed by atoms with Gasteiger partial charge in [0.2, 0.25) is 0 Å². The van der Waals surface area contributed by atoms with Gasteiger partial charge in [0, 0.05) is 11.7 Å². The highest BCUT2D eigenvalue weighted by Crippen LogP contribution is 2.20. The smallest absolute Gasteiger partial charge is 0.319 e. The second-order valence-corrected chi connectivity index (χ2v) is 4.70. The maximum atomic E-state index is 11.6. The molecule has 2 amide bonds. The van der Waals surface area contributed by atoms with Crippen LogP contribution in [0.25, 0.3) is 11.1 Å². The molecule has 0 atom stereocenters. The summed E-state index contributed by atoms with van der Waals surface area (Å²) in [5.74, 6) is 0. The minimum absolute atomic E-state index is 0.128. The van der Waals surface area contributed by atoms with Crippen molar-refractivity contribution in [3.8, 4) is 11.1 Å². The third kappa shape index (κ3) is 3.85. The topological polar surface area (TPSA) is 41.1 Å². The molecule has 0 aliphatic heterocycles. The maximum absolute atomic E-state index is 11.6. The zero-order valence-corrected chi connectivity index (χ0v) is 11.2. The van der Waals surface area contributed by atoms with Gasteiger partial charge in [0.1, 0.15) is 0 Å². The second-order valence-electron chi connectivity index (χ2n) is 4.70. The fourth-order valence-corrected chi connectivity index (χ4v) is 1.81. The van der Waals surface area contributed by atoms with Crippen LogP contribution >= 0.6 is 0 Å². The molecule has 0 saturated carbocycles. The van der Waals surface area contributed by atoms with E-state index in [9.17, 15) is 4.79 Å². The number of urea groups is 1. The van der Waals surface area contributed by atoms with Crippen molar-refractivity contribution >= 4 is 11.7 Å². The largest absolute Gasteiger partial charge is 0.336 e. The normalized spacial score (nSPS) is 10.3. The standard InChI is InChI=1S/C16H18N2O/c1-12(2)17-16(19)18-15-10-8-14(9-11-15)13-6-4-3-5-7-13/h3-12H,1-2H3,(H2,17,18,19). The average Bonchev–Trinajstić information content (AvgIpc) is 2.39. The van der Waals surface area contributed by atoms with Crippen molar-refractivity contribution in [1.29, 1.82) is 0 Å². The van der Waals surface area contributed by atoms with Crippen molar-refractivity contribution in [2.75, 3.05) is 5.32 Å². The molecule has 0 saturated heterocycles. The Balaban J connectivity index is 2.05. The summed E-state index contributed by atoms with van der Waals surface area (Å²) < 4.78 is 0. The Labute approximate surface area is 113 Å². The van der Waals surface area contributed by atoms with Gasteiger partial charge in [-0.2, -0.15) is 0 Å². The number of carbonyl (C=O) groups excluding carboxylic acids is 1. The Morgan fingerprint density at radius 2 is 1.47 bits per heavy atom. The van der Waals surface area contributed by atoms with Crippen LogP contribution in [0.4, 0.5) is 10.5 Å². The Morgan fingerprint density at radius 3 is 2.05 bits per heavy atom. The van der Waals surface area contributed by atoms with Crippen LogP contribution in [-0.2, 0) is 0 Å². The molecule has 2 rings (SSSR count). The lowest BCUT2D eigenvalue weighted by Gasteiger charge is -2.10. The quantitative estimate of drug-likeness (QED) is 0.857. The predicted molar refractivity (Wildman–Crippen MR) is 79.2 cm³/mol. The molecule has 0 spiro atoms. The molecule has 3 nitrogen and oxygen atoms in total. The van der Waals surface area contributed by atoms with E-state index < -0.39 is 0 Å². The van der Waals surface area contributed by atoms with E-state index in [2.05, 4.69) is 22.8 Å². The van der Waals surface area contributed by atoms with Crippen molar-refractivity contribution in [3.05, 3.63) is 54.6 Å². The summed E-state index contributed by atoms with van der Waals surface area (Å²) in [6, 6.07) is 17.9. The Bertz CT molecular complexity index is 532. The molecule has 0 aromatic heterocycles. The summed E-state index contributed by atoms with van der Waals surface area (Å²) in [6.07, 6.45) is 0. The van der Waals surface area contributed by atoms with E-state index >= 15 is 0 Å². The van der Waals surface area contributed by atoms with Crippen LogP contribution in [0.15, 0.2) is 54.6 Å². The number of rotatable bonds is 3. The molecule has 0 bridgehead atoms. The lowest BCUT2D eigenvalue weighted by molar-refractivity contribution is 0.250. The lowest BCUT2D eigenvalue weighted by Crippen LogP contribution is -2.34. The number of nitrogens with one attached hydrogen (secondary N) is 2. The van der Waals surface area contributed by atoms with E-state index in [0.29, 0.717) is 0 Å². The van der Waals surface area contributed by atoms with Crippen LogP contribution in [0.2, 0.25) is 0 Å². The molecule has 0 heterocycles. The number of hydrogen-bond acceptors (Lipinski definition) is 1. The van der Waals surface area contributed by atoms with Crippen molar-refractivity contribution in [3.63, 3.8) is 0 Å². The first-order valence-corrected chi connectivity index (χ1v) is 6.38. The number of benzene rings is 2. The van der Waals surface area contributed by atoms with Gasteiger partial charge >= 0.3 is 6.03 Å². The molecular formula is C16H18N2O. The first kappa shape index (κ1) is 13.1. The molecular weight excluding hydrogens is 236 g/mol. The van der Waals surface area contributed by atoms with Crippen LogP contribution in [0.1, 0.15) is 13.8 Å². The van der Waals surface area contributed by atoms with Crippen molar-refractivity contribution in [2.24, 2.45) is 0 Å². The van der Waals surface area contributed by atoms with Gasteiger partial charge < -0.3 is 10.6 Å². The van der Waals surface area contributed by atoms with Gasteiger partial charge in [-0.05, 0) is 37.1 Å². The molecule has 0 fully saturated rings. The van der Waals surface area contributed by atoms with Crippen LogP contribution in [0.5, 0.6) is 0 Å². The summed E-state index contributed by atoms with van der Waals surface area (Å²) in [5, 5.41) is 5.59. The van der Waals surface area contributed by atoms with Crippen LogP contribution < -0.4 is 10.6 Å². The fourth-order valence-electron chi connectivity index (χ4n) is 1.81. The van der Waals surface area contributed by atoms with Crippen molar-refractivity contribution in [1.82, 2.24) is 5.32 Å². The third-order valence-corrected chi connectivity index (χ3v) is 2.67. The zero-order chi connectivity index (χ0) is 13.7. The molecule has 0 radical (unpaired) electrons.